The van der Waals surface area contributed by atoms with E-state index in [1.165, 1.54) is 0 Å². The molecule has 2 atom stereocenters. The molecule has 136 valence electrons. The fraction of sp³-hybridized carbons (Fsp3) is 0.526. The number of piperidine rings is 1. The van der Waals surface area contributed by atoms with Crippen LogP contribution in [0.15, 0.2) is 24.3 Å². The summed E-state index contributed by atoms with van der Waals surface area (Å²) in [5.41, 5.74) is 1.53. The van der Waals surface area contributed by atoms with Gasteiger partial charge in [0, 0.05) is 18.7 Å². The van der Waals surface area contributed by atoms with Gasteiger partial charge >= 0.3 is 5.97 Å². The van der Waals surface area contributed by atoms with Crippen molar-refractivity contribution in [1.29, 1.82) is 0 Å². The van der Waals surface area contributed by atoms with Crippen molar-refractivity contribution in [2.24, 2.45) is 11.8 Å². The van der Waals surface area contributed by atoms with Crippen LogP contribution in [0, 0.1) is 18.8 Å². The molecular formula is C19H26N2O4. The SMILES string of the molecule is Cc1ccc(C(=O)NCC(=O)OCC(=O)N2C[C@H](C)C[C@@H](C)C2)cc1. The number of nitrogens with zero attached hydrogens (tertiary/aromatic N) is 1. The van der Waals surface area contributed by atoms with Crippen LogP contribution >= 0.6 is 0 Å². The first kappa shape index (κ1) is 19.0. The summed E-state index contributed by atoms with van der Waals surface area (Å²) in [7, 11) is 0. The molecule has 0 aromatic heterocycles. The number of esters is 1. The van der Waals surface area contributed by atoms with Crippen LogP contribution in [0.25, 0.3) is 0 Å². The van der Waals surface area contributed by atoms with E-state index in [9.17, 15) is 14.4 Å². The molecule has 0 radical (unpaired) electrons. The molecule has 0 aliphatic carbocycles. The van der Waals surface area contributed by atoms with E-state index in [4.69, 9.17) is 4.74 Å². The van der Waals surface area contributed by atoms with E-state index in [-0.39, 0.29) is 25.0 Å². The van der Waals surface area contributed by atoms with Crippen molar-refractivity contribution in [2.75, 3.05) is 26.2 Å². The van der Waals surface area contributed by atoms with Crippen molar-refractivity contribution in [1.82, 2.24) is 10.2 Å². The van der Waals surface area contributed by atoms with Crippen LogP contribution in [0.5, 0.6) is 0 Å². The van der Waals surface area contributed by atoms with Crippen LogP contribution in [0.2, 0.25) is 0 Å². The number of rotatable bonds is 5. The van der Waals surface area contributed by atoms with Gasteiger partial charge in [0.05, 0.1) is 0 Å². The van der Waals surface area contributed by atoms with Crippen molar-refractivity contribution in [2.45, 2.75) is 27.2 Å². The molecule has 1 fully saturated rings. The lowest BCUT2D eigenvalue weighted by molar-refractivity contribution is -0.152. The van der Waals surface area contributed by atoms with Gasteiger partial charge in [-0.3, -0.25) is 14.4 Å². The summed E-state index contributed by atoms with van der Waals surface area (Å²) < 4.78 is 4.99. The monoisotopic (exact) mass is 346 g/mol. The number of benzene rings is 1. The maximum absolute atomic E-state index is 12.1. The van der Waals surface area contributed by atoms with Crippen LogP contribution in [0.3, 0.4) is 0 Å². The summed E-state index contributed by atoms with van der Waals surface area (Å²) in [5, 5.41) is 2.50. The fourth-order valence-corrected chi connectivity index (χ4v) is 3.11. The first-order valence-electron chi connectivity index (χ1n) is 8.63. The van der Waals surface area contributed by atoms with E-state index >= 15 is 0 Å². The van der Waals surface area contributed by atoms with Crippen molar-refractivity contribution in [3.05, 3.63) is 35.4 Å². The van der Waals surface area contributed by atoms with E-state index in [2.05, 4.69) is 19.2 Å². The van der Waals surface area contributed by atoms with Crippen molar-refractivity contribution in [3.63, 3.8) is 0 Å². The Bertz CT molecular complexity index is 617. The third-order valence-electron chi connectivity index (χ3n) is 4.29. The van der Waals surface area contributed by atoms with Crippen LogP contribution in [-0.2, 0) is 14.3 Å². The largest absolute Gasteiger partial charge is 0.454 e. The van der Waals surface area contributed by atoms with E-state index in [1.54, 1.807) is 17.0 Å². The minimum Gasteiger partial charge on any atom is -0.454 e. The third-order valence-corrected chi connectivity index (χ3v) is 4.29. The normalized spacial score (nSPS) is 20.0. The molecule has 25 heavy (non-hydrogen) atoms. The van der Waals surface area contributed by atoms with Crippen molar-refractivity contribution >= 4 is 17.8 Å². The Morgan fingerprint density at radius 3 is 2.32 bits per heavy atom. The number of amides is 2. The Kier molecular flexibility index (Phi) is 6.56. The second kappa shape index (κ2) is 8.65. The predicted octanol–water partition coefficient (Wildman–Crippen LogP) is 1.77. The van der Waals surface area contributed by atoms with Crippen LogP contribution < -0.4 is 5.32 Å². The third kappa shape index (κ3) is 5.89. The van der Waals surface area contributed by atoms with Gasteiger partial charge in [-0.1, -0.05) is 31.5 Å². The molecule has 1 saturated heterocycles. The summed E-state index contributed by atoms with van der Waals surface area (Å²) in [5.74, 6) is -0.236. The average molecular weight is 346 g/mol. The minimum absolute atomic E-state index is 0.184. The molecule has 0 spiro atoms. The van der Waals surface area contributed by atoms with E-state index in [0.717, 1.165) is 12.0 Å². The topological polar surface area (TPSA) is 75.7 Å². The standard InChI is InChI=1S/C19H26N2O4/c1-13-4-6-16(7-5-13)19(24)20-9-18(23)25-12-17(22)21-10-14(2)8-15(3)11-21/h4-7,14-15H,8-12H2,1-3H3,(H,20,24)/t14-,15-/m1/s1. The fourth-order valence-electron chi connectivity index (χ4n) is 3.11. The summed E-state index contributed by atoms with van der Waals surface area (Å²) in [6.45, 7) is 7.02. The molecule has 1 aliphatic heterocycles. The summed E-state index contributed by atoms with van der Waals surface area (Å²) >= 11 is 0. The first-order valence-corrected chi connectivity index (χ1v) is 8.63. The zero-order valence-electron chi connectivity index (χ0n) is 15.1. The quantitative estimate of drug-likeness (QED) is 0.825. The Labute approximate surface area is 148 Å². The van der Waals surface area contributed by atoms with Crippen LogP contribution in [-0.4, -0.2) is 48.9 Å². The number of likely N-dealkylation sites (tertiary alicyclic amines) is 1. The summed E-state index contributed by atoms with van der Waals surface area (Å²) in [4.78, 5) is 37.6. The number of hydrogen-bond acceptors (Lipinski definition) is 4. The Morgan fingerprint density at radius 1 is 1.12 bits per heavy atom. The molecule has 6 nitrogen and oxygen atoms in total. The smallest absolute Gasteiger partial charge is 0.325 e. The highest BCUT2D eigenvalue weighted by atomic mass is 16.5. The Hall–Kier alpha value is -2.37. The Balaban J connectivity index is 1.72. The minimum atomic E-state index is -0.619. The van der Waals surface area contributed by atoms with Crippen molar-refractivity contribution < 1.29 is 19.1 Å². The lowest BCUT2D eigenvalue weighted by Gasteiger charge is -2.34. The molecule has 6 heteroatoms. The molecule has 0 unspecified atom stereocenters. The van der Waals surface area contributed by atoms with E-state index in [0.29, 0.717) is 30.5 Å². The molecule has 2 rings (SSSR count). The molecule has 1 heterocycles. The maximum atomic E-state index is 12.1. The molecule has 1 aromatic carbocycles. The summed E-state index contributed by atoms with van der Waals surface area (Å²) in [6.07, 6.45) is 1.11. The zero-order valence-corrected chi connectivity index (χ0v) is 15.1. The van der Waals surface area contributed by atoms with Crippen molar-refractivity contribution in [3.8, 4) is 0 Å². The summed E-state index contributed by atoms with van der Waals surface area (Å²) in [6, 6.07) is 7.04. The highest BCUT2D eigenvalue weighted by molar-refractivity contribution is 5.96. The maximum Gasteiger partial charge on any atom is 0.325 e. The second-order valence-corrected chi connectivity index (χ2v) is 6.95. The van der Waals surface area contributed by atoms with Gasteiger partial charge in [0.25, 0.3) is 11.8 Å². The van der Waals surface area contributed by atoms with Gasteiger partial charge in [0.1, 0.15) is 6.54 Å². The van der Waals surface area contributed by atoms with Gasteiger partial charge in [-0.15, -0.1) is 0 Å². The van der Waals surface area contributed by atoms with E-state index < -0.39 is 5.97 Å². The zero-order chi connectivity index (χ0) is 18.4. The lowest BCUT2D eigenvalue weighted by Crippen LogP contribution is -2.44. The lowest BCUT2D eigenvalue weighted by atomic mass is 9.92. The number of carbonyl (C=O) groups is 3. The number of nitrogens with one attached hydrogen (secondary N) is 1. The van der Waals surface area contributed by atoms with Gasteiger partial charge < -0.3 is 15.0 Å². The molecule has 1 aliphatic rings. The van der Waals surface area contributed by atoms with Crippen LogP contribution in [0.1, 0.15) is 36.2 Å². The van der Waals surface area contributed by atoms with Crippen LogP contribution in [0.4, 0.5) is 0 Å². The van der Waals surface area contributed by atoms with E-state index in [1.807, 2.05) is 19.1 Å². The number of aryl methyl sites for hydroxylation is 1. The highest BCUT2D eigenvalue weighted by Crippen LogP contribution is 2.20. The molecule has 0 saturated carbocycles. The first-order chi connectivity index (χ1) is 11.8. The van der Waals surface area contributed by atoms with Gasteiger partial charge in [0.15, 0.2) is 6.61 Å². The number of hydrogen-bond donors (Lipinski definition) is 1. The second-order valence-electron chi connectivity index (χ2n) is 6.95. The molecule has 0 bridgehead atoms. The molecule has 1 N–H and O–H groups in total. The highest BCUT2D eigenvalue weighted by Gasteiger charge is 2.25. The van der Waals surface area contributed by atoms with Gasteiger partial charge in [-0.05, 0) is 37.3 Å². The Morgan fingerprint density at radius 2 is 1.72 bits per heavy atom. The average Bonchev–Trinajstić information content (AvgIpc) is 2.57. The number of ether oxygens (including phenoxy) is 1. The van der Waals surface area contributed by atoms with Gasteiger partial charge in [0.2, 0.25) is 0 Å². The number of carbonyl (C=O) groups excluding carboxylic acids is 3. The van der Waals surface area contributed by atoms with Gasteiger partial charge in [-0.25, -0.2) is 0 Å². The predicted molar refractivity (Wildman–Crippen MR) is 94.0 cm³/mol. The van der Waals surface area contributed by atoms with Gasteiger partial charge in [-0.2, -0.15) is 0 Å². The molecule has 1 aromatic rings. The molecular weight excluding hydrogens is 320 g/mol. The molecule has 2 amide bonds.